The van der Waals surface area contributed by atoms with Crippen LogP contribution in [0.15, 0.2) is 18.2 Å². The van der Waals surface area contributed by atoms with Gasteiger partial charge in [0.05, 0.1) is 0 Å². The van der Waals surface area contributed by atoms with E-state index in [4.69, 9.17) is 11.6 Å². The second kappa shape index (κ2) is 4.75. The molecule has 0 aromatic heterocycles. The van der Waals surface area contributed by atoms with Gasteiger partial charge in [0, 0.05) is 28.8 Å². The number of hydrogen-bond donors (Lipinski definition) is 1. The summed E-state index contributed by atoms with van der Waals surface area (Å²) in [7, 11) is 2.28. The molecule has 1 aromatic carbocycles. The average Bonchev–Trinajstić information content (AvgIpc) is 2.57. The Hall–Kier alpha value is -0.730. The minimum atomic E-state index is 0.624. The van der Waals surface area contributed by atoms with E-state index in [1.54, 1.807) is 0 Å². The van der Waals surface area contributed by atoms with E-state index >= 15 is 0 Å². The average molecular weight is 265 g/mol. The van der Waals surface area contributed by atoms with E-state index in [1.165, 1.54) is 36.9 Å². The molecule has 0 aliphatic carbocycles. The molecule has 2 aliphatic heterocycles. The van der Waals surface area contributed by atoms with Crippen LogP contribution >= 0.6 is 11.6 Å². The molecule has 2 heterocycles. The van der Waals surface area contributed by atoms with Crippen LogP contribution in [0.4, 0.5) is 5.69 Å². The Kier molecular flexibility index (Phi) is 3.25. The van der Waals surface area contributed by atoms with E-state index < -0.39 is 0 Å². The SMILES string of the molecule is Cc1cc(Cl)ccc1NC1CC2CCC(C1)N2C. The van der Waals surface area contributed by atoms with Gasteiger partial charge in [-0.1, -0.05) is 11.6 Å². The van der Waals surface area contributed by atoms with Crippen molar-refractivity contribution in [2.24, 2.45) is 0 Å². The van der Waals surface area contributed by atoms with Gasteiger partial charge in [-0.2, -0.15) is 0 Å². The second-order valence-electron chi connectivity index (χ2n) is 5.82. The first-order valence-corrected chi connectivity index (χ1v) is 7.26. The number of fused-ring (bicyclic) bond motifs is 2. The van der Waals surface area contributed by atoms with Crippen molar-refractivity contribution in [3.63, 3.8) is 0 Å². The van der Waals surface area contributed by atoms with Crippen LogP contribution < -0.4 is 5.32 Å². The van der Waals surface area contributed by atoms with E-state index in [-0.39, 0.29) is 0 Å². The van der Waals surface area contributed by atoms with Crippen molar-refractivity contribution in [2.75, 3.05) is 12.4 Å². The van der Waals surface area contributed by atoms with Crippen molar-refractivity contribution < 1.29 is 0 Å². The first-order chi connectivity index (χ1) is 8.63. The third-order valence-corrected chi connectivity index (χ3v) is 4.88. The third kappa shape index (κ3) is 2.24. The fraction of sp³-hybridized carbons (Fsp3) is 0.600. The topological polar surface area (TPSA) is 15.3 Å². The molecule has 3 rings (SSSR count). The molecule has 1 aromatic rings. The van der Waals surface area contributed by atoms with Gasteiger partial charge in [0.1, 0.15) is 0 Å². The van der Waals surface area contributed by atoms with Crippen molar-refractivity contribution in [1.29, 1.82) is 0 Å². The van der Waals surface area contributed by atoms with Crippen molar-refractivity contribution in [1.82, 2.24) is 4.90 Å². The fourth-order valence-corrected chi connectivity index (χ4v) is 3.76. The quantitative estimate of drug-likeness (QED) is 0.877. The van der Waals surface area contributed by atoms with E-state index in [1.807, 2.05) is 12.1 Å². The van der Waals surface area contributed by atoms with Gasteiger partial charge in [-0.25, -0.2) is 0 Å². The van der Waals surface area contributed by atoms with Crippen molar-refractivity contribution in [2.45, 2.75) is 50.7 Å². The maximum absolute atomic E-state index is 6.00. The highest BCUT2D eigenvalue weighted by Gasteiger charge is 2.38. The highest BCUT2D eigenvalue weighted by Crippen LogP contribution is 2.35. The summed E-state index contributed by atoms with van der Waals surface area (Å²) in [6.45, 7) is 2.12. The lowest BCUT2D eigenvalue weighted by Gasteiger charge is -2.37. The van der Waals surface area contributed by atoms with Crippen LogP contribution in [0.25, 0.3) is 0 Å². The molecule has 0 amide bonds. The molecule has 2 atom stereocenters. The standard InChI is InChI=1S/C15H21ClN2/c1-10-7-11(16)3-6-15(10)17-12-8-13-4-5-14(9-12)18(13)2/h3,6-7,12-14,17H,4-5,8-9H2,1-2H3. The molecule has 0 saturated carbocycles. The predicted molar refractivity (Wildman–Crippen MR) is 77.4 cm³/mol. The summed E-state index contributed by atoms with van der Waals surface area (Å²) in [5.74, 6) is 0. The first-order valence-electron chi connectivity index (χ1n) is 6.88. The summed E-state index contributed by atoms with van der Waals surface area (Å²) in [5, 5.41) is 4.53. The van der Waals surface area contributed by atoms with Crippen molar-refractivity contribution in [3.05, 3.63) is 28.8 Å². The second-order valence-corrected chi connectivity index (χ2v) is 6.26. The number of halogens is 1. The number of nitrogens with one attached hydrogen (secondary N) is 1. The zero-order chi connectivity index (χ0) is 12.7. The first kappa shape index (κ1) is 12.3. The molecule has 1 N–H and O–H groups in total. The van der Waals surface area contributed by atoms with Crippen LogP contribution in [-0.2, 0) is 0 Å². The minimum absolute atomic E-state index is 0.624. The number of rotatable bonds is 2. The molecule has 2 saturated heterocycles. The van der Waals surface area contributed by atoms with Gasteiger partial charge in [0.25, 0.3) is 0 Å². The maximum Gasteiger partial charge on any atom is 0.0410 e. The lowest BCUT2D eigenvalue weighted by molar-refractivity contribution is 0.169. The van der Waals surface area contributed by atoms with Crippen LogP contribution in [-0.4, -0.2) is 30.1 Å². The molecule has 3 heteroatoms. The Labute approximate surface area is 114 Å². The van der Waals surface area contributed by atoms with E-state index in [0.717, 1.165) is 17.1 Å². The summed E-state index contributed by atoms with van der Waals surface area (Å²) < 4.78 is 0. The van der Waals surface area contributed by atoms with E-state index in [9.17, 15) is 0 Å². The van der Waals surface area contributed by atoms with Crippen LogP contribution in [0.2, 0.25) is 5.02 Å². The molecular weight excluding hydrogens is 244 g/mol. The van der Waals surface area contributed by atoms with Gasteiger partial charge in [-0.15, -0.1) is 0 Å². The molecule has 0 spiro atoms. The molecule has 2 unspecified atom stereocenters. The minimum Gasteiger partial charge on any atom is -0.382 e. The largest absolute Gasteiger partial charge is 0.382 e. The van der Waals surface area contributed by atoms with Crippen molar-refractivity contribution >= 4 is 17.3 Å². The molecule has 18 heavy (non-hydrogen) atoms. The van der Waals surface area contributed by atoms with Gasteiger partial charge in [-0.3, -0.25) is 0 Å². The monoisotopic (exact) mass is 264 g/mol. The molecular formula is C15H21ClN2. The zero-order valence-electron chi connectivity index (χ0n) is 11.1. The van der Waals surface area contributed by atoms with Gasteiger partial charge in [0.15, 0.2) is 0 Å². The number of hydrogen-bond acceptors (Lipinski definition) is 2. The van der Waals surface area contributed by atoms with Crippen LogP contribution in [0.1, 0.15) is 31.2 Å². The maximum atomic E-state index is 6.00. The Morgan fingerprint density at radius 2 is 1.89 bits per heavy atom. The summed E-state index contributed by atoms with van der Waals surface area (Å²) in [6, 6.07) is 8.31. The summed E-state index contributed by atoms with van der Waals surface area (Å²) in [5.41, 5.74) is 2.49. The highest BCUT2D eigenvalue weighted by molar-refractivity contribution is 6.30. The third-order valence-electron chi connectivity index (χ3n) is 4.65. The summed E-state index contributed by atoms with van der Waals surface area (Å²) >= 11 is 6.00. The van der Waals surface area contributed by atoms with Crippen LogP contribution in [0.5, 0.6) is 0 Å². The number of benzene rings is 1. The molecule has 2 fully saturated rings. The summed E-state index contributed by atoms with van der Waals surface area (Å²) in [4.78, 5) is 2.58. The van der Waals surface area contributed by atoms with E-state index in [0.29, 0.717) is 6.04 Å². The highest BCUT2D eigenvalue weighted by atomic mass is 35.5. The van der Waals surface area contributed by atoms with Gasteiger partial charge in [-0.05, 0) is 63.4 Å². The predicted octanol–water partition coefficient (Wildman–Crippen LogP) is 3.69. The molecule has 2 nitrogen and oxygen atoms in total. The van der Waals surface area contributed by atoms with E-state index in [2.05, 4.69) is 30.3 Å². The van der Waals surface area contributed by atoms with Crippen LogP contribution in [0, 0.1) is 6.92 Å². The lowest BCUT2D eigenvalue weighted by atomic mass is 9.97. The number of aryl methyl sites for hydroxylation is 1. The smallest absolute Gasteiger partial charge is 0.0410 e. The lowest BCUT2D eigenvalue weighted by Crippen LogP contribution is -2.44. The number of nitrogens with zero attached hydrogens (tertiary/aromatic N) is 1. The number of piperidine rings is 1. The Bertz CT molecular complexity index is 432. The summed E-state index contributed by atoms with van der Waals surface area (Å²) in [6.07, 6.45) is 5.29. The number of anilines is 1. The van der Waals surface area contributed by atoms with Gasteiger partial charge in [0.2, 0.25) is 0 Å². The molecule has 0 radical (unpaired) electrons. The Morgan fingerprint density at radius 1 is 1.22 bits per heavy atom. The fourth-order valence-electron chi connectivity index (χ4n) is 3.54. The molecule has 98 valence electrons. The van der Waals surface area contributed by atoms with Crippen molar-refractivity contribution in [3.8, 4) is 0 Å². The van der Waals surface area contributed by atoms with Gasteiger partial charge >= 0.3 is 0 Å². The molecule has 2 aliphatic rings. The van der Waals surface area contributed by atoms with Gasteiger partial charge < -0.3 is 10.2 Å². The molecule has 2 bridgehead atoms. The van der Waals surface area contributed by atoms with Crippen LogP contribution in [0.3, 0.4) is 0 Å². The normalized spacial score (nSPS) is 31.6. The Balaban J connectivity index is 1.70. The Morgan fingerprint density at radius 3 is 2.50 bits per heavy atom. The zero-order valence-corrected chi connectivity index (χ0v) is 11.9.